The Morgan fingerprint density at radius 2 is 2.08 bits per heavy atom. The predicted octanol–water partition coefficient (Wildman–Crippen LogP) is 1.79. The molecule has 0 bridgehead atoms. The van der Waals surface area contributed by atoms with Crippen molar-refractivity contribution in [2.24, 2.45) is 7.05 Å². The van der Waals surface area contributed by atoms with E-state index in [0.717, 1.165) is 11.6 Å². The van der Waals surface area contributed by atoms with Crippen LogP contribution >= 0.6 is 0 Å². The summed E-state index contributed by atoms with van der Waals surface area (Å²) in [4.78, 5) is 11.0. The van der Waals surface area contributed by atoms with Crippen LogP contribution in [0.4, 0.5) is 10.1 Å². The van der Waals surface area contributed by atoms with E-state index in [-0.39, 0.29) is 12.3 Å². The van der Waals surface area contributed by atoms with Gasteiger partial charge in [0.25, 0.3) is 0 Å². The number of amides is 1. The minimum atomic E-state index is -4.07. The van der Waals surface area contributed by atoms with E-state index < -0.39 is 26.8 Å². The van der Waals surface area contributed by atoms with Crippen LogP contribution in [-0.2, 0) is 28.3 Å². The van der Waals surface area contributed by atoms with Crippen molar-refractivity contribution in [2.45, 2.75) is 37.6 Å². The maximum atomic E-state index is 14.3. The molecule has 0 saturated heterocycles. The van der Waals surface area contributed by atoms with Gasteiger partial charge < -0.3 is 5.32 Å². The average molecular weight is 366 g/mol. The molecule has 1 aliphatic heterocycles. The van der Waals surface area contributed by atoms with Gasteiger partial charge in [0.1, 0.15) is 10.7 Å². The largest absolute Gasteiger partial charge is 0.326 e. The lowest BCUT2D eigenvalue weighted by atomic mass is 10.0. The first-order chi connectivity index (χ1) is 11.7. The molecule has 7 nitrogen and oxygen atoms in total. The number of carbonyl (C=O) groups excluding carboxylic acids is 1. The third-order valence-electron chi connectivity index (χ3n) is 4.19. The van der Waals surface area contributed by atoms with Crippen molar-refractivity contribution in [3.05, 3.63) is 41.0 Å². The zero-order valence-corrected chi connectivity index (χ0v) is 14.9. The highest BCUT2D eigenvalue weighted by atomic mass is 32.2. The lowest BCUT2D eigenvalue weighted by molar-refractivity contribution is -0.116. The lowest BCUT2D eigenvalue weighted by Crippen LogP contribution is -2.28. The number of aromatic nitrogens is 2. The number of nitrogens with zero attached hydrogens (tertiary/aromatic N) is 2. The van der Waals surface area contributed by atoms with Gasteiger partial charge in [-0.2, -0.15) is 5.10 Å². The van der Waals surface area contributed by atoms with Crippen LogP contribution in [0.5, 0.6) is 0 Å². The average Bonchev–Trinajstić information content (AvgIpc) is 2.84. The molecule has 1 aromatic carbocycles. The maximum Gasteiger partial charge on any atom is 0.244 e. The van der Waals surface area contributed by atoms with Crippen LogP contribution < -0.4 is 10.0 Å². The van der Waals surface area contributed by atoms with Crippen LogP contribution in [0, 0.1) is 12.7 Å². The molecule has 25 heavy (non-hydrogen) atoms. The van der Waals surface area contributed by atoms with Crippen LogP contribution in [-0.4, -0.2) is 24.1 Å². The minimum absolute atomic E-state index is 0.207. The molecule has 0 aliphatic carbocycles. The number of anilines is 1. The monoisotopic (exact) mass is 366 g/mol. The molecule has 0 spiro atoms. The molecule has 2 heterocycles. The molecule has 2 N–H and O–H groups in total. The second-order valence-corrected chi connectivity index (χ2v) is 7.86. The molecule has 3 rings (SSSR count). The third kappa shape index (κ3) is 3.42. The Morgan fingerprint density at radius 3 is 2.72 bits per heavy atom. The topological polar surface area (TPSA) is 93.1 Å². The first-order valence-electron chi connectivity index (χ1n) is 7.82. The van der Waals surface area contributed by atoms with E-state index in [9.17, 15) is 17.6 Å². The number of carbonyl (C=O) groups is 1. The number of rotatable bonds is 4. The second kappa shape index (κ2) is 6.23. The van der Waals surface area contributed by atoms with E-state index in [2.05, 4.69) is 15.1 Å². The highest BCUT2D eigenvalue weighted by molar-refractivity contribution is 7.89. The summed E-state index contributed by atoms with van der Waals surface area (Å²) in [7, 11) is -2.32. The first kappa shape index (κ1) is 17.6. The number of fused-ring (bicyclic) bond motifs is 1. The molecule has 134 valence electrons. The van der Waals surface area contributed by atoms with Crippen molar-refractivity contribution >= 4 is 21.6 Å². The molecule has 0 radical (unpaired) electrons. The third-order valence-corrected chi connectivity index (χ3v) is 5.75. The summed E-state index contributed by atoms with van der Waals surface area (Å²) >= 11 is 0. The van der Waals surface area contributed by atoms with Crippen molar-refractivity contribution < 1.29 is 17.6 Å². The predicted molar refractivity (Wildman–Crippen MR) is 90.0 cm³/mol. The van der Waals surface area contributed by atoms with E-state index in [4.69, 9.17) is 0 Å². The van der Waals surface area contributed by atoms with Gasteiger partial charge in [0.05, 0.1) is 5.69 Å². The summed E-state index contributed by atoms with van der Waals surface area (Å²) in [6, 6.07) is 1.78. The van der Waals surface area contributed by atoms with E-state index in [1.165, 1.54) is 6.07 Å². The molecule has 0 saturated carbocycles. The number of sulfonamides is 1. The second-order valence-electron chi connectivity index (χ2n) is 6.17. The van der Waals surface area contributed by atoms with E-state index in [0.29, 0.717) is 23.4 Å². The van der Waals surface area contributed by atoms with Gasteiger partial charge in [-0.1, -0.05) is 0 Å². The van der Waals surface area contributed by atoms with Crippen molar-refractivity contribution in [3.8, 4) is 0 Å². The molecule has 1 amide bonds. The Labute approximate surface area is 145 Å². The zero-order chi connectivity index (χ0) is 18.4. The molecule has 0 fully saturated rings. The van der Waals surface area contributed by atoms with Gasteiger partial charge in [-0.3, -0.25) is 9.48 Å². The van der Waals surface area contributed by atoms with Gasteiger partial charge in [-0.05, 0) is 38.0 Å². The van der Waals surface area contributed by atoms with Gasteiger partial charge in [-0.25, -0.2) is 17.5 Å². The quantitative estimate of drug-likeness (QED) is 0.863. The van der Waals surface area contributed by atoms with Gasteiger partial charge in [0.15, 0.2) is 0 Å². The van der Waals surface area contributed by atoms with E-state index >= 15 is 0 Å². The Balaban J connectivity index is 1.92. The van der Waals surface area contributed by atoms with Crippen molar-refractivity contribution in [3.63, 3.8) is 0 Å². The highest BCUT2D eigenvalue weighted by Gasteiger charge is 2.26. The number of halogens is 1. The number of hydrogen-bond acceptors (Lipinski definition) is 4. The van der Waals surface area contributed by atoms with Gasteiger partial charge in [-0.15, -0.1) is 0 Å². The molecule has 9 heteroatoms. The minimum Gasteiger partial charge on any atom is -0.326 e. The fraction of sp³-hybridized carbons (Fsp3) is 0.375. The Morgan fingerprint density at radius 1 is 1.36 bits per heavy atom. The SMILES string of the molecule is Cc1nn(C)cc1C(C)NS(=O)(=O)c1cc2c(cc1F)NC(=O)CC2. The standard InChI is InChI=1S/C16H19FN4O3S/c1-9-12(8-21(3)19-9)10(2)20-25(23,24)15-6-11-4-5-16(22)18-14(11)7-13(15)17/h6-8,10,20H,4-5H2,1-3H3,(H,18,22). The van der Waals surface area contributed by atoms with Gasteiger partial charge in [0, 0.05) is 37.0 Å². The summed E-state index contributed by atoms with van der Waals surface area (Å²) < 4.78 is 43.7. The highest BCUT2D eigenvalue weighted by Crippen LogP contribution is 2.29. The molecular formula is C16H19FN4O3S. The zero-order valence-electron chi connectivity index (χ0n) is 14.1. The first-order valence-corrected chi connectivity index (χ1v) is 9.30. The number of nitrogens with one attached hydrogen (secondary N) is 2. The molecule has 1 aromatic heterocycles. The van der Waals surface area contributed by atoms with Crippen LogP contribution in [0.25, 0.3) is 0 Å². The molecule has 1 atom stereocenters. The summed E-state index contributed by atoms with van der Waals surface area (Å²) in [6.45, 7) is 3.46. The Hall–Kier alpha value is -2.26. The number of hydrogen-bond donors (Lipinski definition) is 2. The summed E-state index contributed by atoms with van der Waals surface area (Å²) in [5, 5.41) is 6.74. The van der Waals surface area contributed by atoms with Crippen LogP contribution in [0.2, 0.25) is 0 Å². The molecule has 1 unspecified atom stereocenters. The maximum absolute atomic E-state index is 14.3. The lowest BCUT2D eigenvalue weighted by Gasteiger charge is -2.19. The molecule has 1 aliphatic rings. The fourth-order valence-corrected chi connectivity index (χ4v) is 4.32. The van der Waals surface area contributed by atoms with Gasteiger partial charge in [0.2, 0.25) is 15.9 Å². The van der Waals surface area contributed by atoms with Crippen LogP contribution in [0.1, 0.15) is 36.2 Å². The molecular weight excluding hydrogens is 347 g/mol. The van der Waals surface area contributed by atoms with Crippen molar-refractivity contribution in [1.29, 1.82) is 0 Å². The molecule has 2 aromatic rings. The summed E-state index contributed by atoms with van der Waals surface area (Å²) in [6.07, 6.45) is 2.35. The number of aryl methyl sites for hydroxylation is 3. The Kier molecular flexibility index (Phi) is 4.38. The Bertz CT molecular complexity index is 953. The summed E-state index contributed by atoms with van der Waals surface area (Å²) in [5.41, 5.74) is 2.35. The van der Waals surface area contributed by atoms with E-state index in [1.807, 2.05) is 0 Å². The fourth-order valence-electron chi connectivity index (χ4n) is 2.99. The van der Waals surface area contributed by atoms with Crippen LogP contribution in [0.15, 0.2) is 23.2 Å². The van der Waals surface area contributed by atoms with Gasteiger partial charge >= 0.3 is 0 Å². The number of benzene rings is 1. The van der Waals surface area contributed by atoms with Crippen LogP contribution in [0.3, 0.4) is 0 Å². The van der Waals surface area contributed by atoms with Crippen molar-refractivity contribution in [1.82, 2.24) is 14.5 Å². The summed E-state index contributed by atoms with van der Waals surface area (Å²) in [5.74, 6) is -1.11. The normalized spacial score (nSPS) is 15.6. The smallest absolute Gasteiger partial charge is 0.244 e. The van der Waals surface area contributed by atoms with Crippen molar-refractivity contribution in [2.75, 3.05) is 5.32 Å². The van der Waals surface area contributed by atoms with E-state index in [1.54, 1.807) is 31.8 Å².